The molecule has 2 saturated heterocycles. The maximum atomic E-state index is 13.8. The largest absolute Gasteiger partial charge is 0.460 e. The van der Waals surface area contributed by atoms with E-state index in [0.717, 1.165) is 36.0 Å². The van der Waals surface area contributed by atoms with Crippen LogP contribution in [0.25, 0.3) is 6.08 Å². The van der Waals surface area contributed by atoms with Gasteiger partial charge in [0.05, 0.1) is 30.4 Å². The third-order valence-electron chi connectivity index (χ3n) is 11.0. The number of epoxide rings is 1. The zero-order valence-corrected chi connectivity index (χ0v) is 33.8. The summed E-state index contributed by atoms with van der Waals surface area (Å²) in [5.74, 6) is -2.70. The minimum absolute atomic E-state index is 0.00346. The number of aliphatic hydroxyl groups excluding tert-OH is 1. The summed E-state index contributed by atoms with van der Waals surface area (Å²) in [6.45, 7) is 4.95. The molecule has 3 N–H and O–H groups in total. The Morgan fingerprint density at radius 2 is 1.59 bits per heavy atom. The summed E-state index contributed by atoms with van der Waals surface area (Å²) < 4.78 is 30.8. The van der Waals surface area contributed by atoms with E-state index >= 15 is 0 Å². The third kappa shape index (κ3) is 10.7. The summed E-state index contributed by atoms with van der Waals surface area (Å²) >= 11 is 0. The van der Waals surface area contributed by atoms with Gasteiger partial charge in [0.1, 0.15) is 23.9 Å². The van der Waals surface area contributed by atoms with Gasteiger partial charge in [0, 0.05) is 42.5 Å². The molecule has 3 aromatic carbocycles. The Morgan fingerprint density at radius 1 is 0.898 bits per heavy atom. The lowest BCUT2D eigenvalue weighted by molar-refractivity contribution is -0.157. The van der Waals surface area contributed by atoms with Crippen LogP contribution in [-0.4, -0.2) is 84.2 Å². The number of hydrogen-bond acceptors (Lipinski definition) is 10. The third-order valence-corrected chi connectivity index (χ3v) is 11.0. The van der Waals surface area contributed by atoms with Crippen molar-refractivity contribution in [2.75, 3.05) is 13.2 Å². The summed E-state index contributed by atoms with van der Waals surface area (Å²) in [5, 5.41) is 15.3. The first-order valence-electron chi connectivity index (χ1n) is 20.6. The monoisotopic (exact) mass is 806 g/mol. The van der Waals surface area contributed by atoms with Crippen molar-refractivity contribution in [3.63, 3.8) is 0 Å². The van der Waals surface area contributed by atoms with E-state index in [0.29, 0.717) is 29.3 Å². The van der Waals surface area contributed by atoms with Crippen LogP contribution in [-0.2, 0) is 43.9 Å². The number of aliphatic hydroxyl groups is 1. The summed E-state index contributed by atoms with van der Waals surface area (Å²) in [4.78, 5) is 52.4. The number of fused-ring (bicyclic) bond motifs is 2. The molecule has 1 saturated carbocycles. The molecule has 12 nitrogen and oxygen atoms in total. The summed E-state index contributed by atoms with van der Waals surface area (Å²) in [6.07, 6.45) is 7.90. The first kappa shape index (κ1) is 42.0. The standard InChI is InChI=1S/C47H54N2O10/c1-46(2,3)58-42(52)23-21-36(29-50)49-41(51)24-25-48-44(53)33-27-39(56-45(54)32-19-16-30(17-20-32)14-15-31-18-22-37-38(26-31)55-37)43-40(28-33)57-47(59-43,34-10-6-4-7-11-34)35-12-8-5-9-13-35/h4-17,19-20,28,31,36-40,43,50H,18,21-27,29H2,1-3H3,(H,48,53)(H,49,51). The van der Waals surface area contributed by atoms with E-state index < -0.39 is 59.5 Å². The molecule has 7 rings (SSSR count). The molecule has 3 fully saturated rings. The van der Waals surface area contributed by atoms with E-state index in [1.54, 1.807) is 39.0 Å². The quantitative estimate of drug-likeness (QED) is 0.124. The molecule has 4 aliphatic rings. The second kappa shape index (κ2) is 18.4. The van der Waals surface area contributed by atoms with Crippen LogP contribution in [0.4, 0.5) is 0 Å². The van der Waals surface area contributed by atoms with Crippen LogP contribution in [0, 0.1) is 5.92 Å². The molecular weight excluding hydrogens is 753 g/mol. The van der Waals surface area contributed by atoms with Gasteiger partial charge in [-0.25, -0.2) is 4.79 Å². The van der Waals surface area contributed by atoms with Crippen molar-refractivity contribution in [3.8, 4) is 0 Å². The fourth-order valence-corrected chi connectivity index (χ4v) is 7.98. The van der Waals surface area contributed by atoms with Gasteiger partial charge >= 0.3 is 11.9 Å². The SMILES string of the molecule is CC(C)(C)OC(=O)CCC(CO)NC(=O)CCNC(=O)C1=CC2OC(c3ccccc3)(c3ccccc3)OC2C(OC(=O)c2ccc(C=CC3CCC4OC4C3)cc2)C1. The number of amides is 2. The lowest BCUT2D eigenvalue weighted by Crippen LogP contribution is -2.44. The number of ether oxygens (including phenoxy) is 5. The smallest absolute Gasteiger partial charge is 0.338 e. The van der Waals surface area contributed by atoms with E-state index in [4.69, 9.17) is 23.7 Å². The van der Waals surface area contributed by atoms with Gasteiger partial charge in [0.2, 0.25) is 17.6 Å². The first-order valence-corrected chi connectivity index (χ1v) is 20.6. The van der Waals surface area contributed by atoms with Crippen molar-refractivity contribution in [1.29, 1.82) is 0 Å². The molecule has 7 atom stereocenters. The van der Waals surface area contributed by atoms with Crippen LogP contribution in [0.1, 0.15) is 92.8 Å². The number of esters is 2. The highest BCUT2D eigenvalue weighted by Crippen LogP contribution is 2.47. The molecule has 0 aromatic heterocycles. The predicted octanol–water partition coefficient (Wildman–Crippen LogP) is 5.91. The number of carbonyl (C=O) groups is 4. The van der Waals surface area contributed by atoms with Gasteiger partial charge < -0.3 is 39.4 Å². The molecule has 7 unspecified atom stereocenters. The second-order valence-corrected chi connectivity index (χ2v) is 16.7. The van der Waals surface area contributed by atoms with Gasteiger partial charge in [-0.05, 0) is 76.1 Å². The highest BCUT2D eigenvalue weighted by atomic mass is 16.8. The Balaban J connectivity index is 1.03. The number of rotatable bonds is 15. The molecule has 2 aliphatic heterocycles. The number of allylic oxidation sites excluding steroid dienone is 1. The van der Waals surface area contributed by atoms with Crippen LogP contribution < -0.4 is 10.6 Å². The van der Waals surface area contributed by atoms with E-state index in [9.17, 15) is 24.3 Å². The fourth-order valence-electron chi connectivity index (χ4n) is 7.98. The first-order chi connectivity index (χ1) is 28.4. The molecule has 12 heteroatoms. The molecule has 2 aliphatic carbocycles. The highest BCUT2D eigenvalue weighted by Gasteiger charge is 2.55. The van der Waals surface area contributed by atoms with Crippen LogP contribution >= 0.6 is 0 Å². The molecular formula is C47H54N2O10. The number of carbonyl (C=O) groups excluding carboxylic acids is 4. The Bertz CT molecular complexity index is 1970. The Morgan fingerprint density at radius 3 is 2.24 bits per heavy atom. The fraction of sp³-hybridized carbons (Fsp3) is 0.447. The van der Waals surface area contributed by atoms with Gasteiger partial charge in [-0.15, -0.1) is 0 Å². The van der Waals surface area contributed by atoms with E-state index in [2.05, 4.69) is 22.8 Å². The zero-order valence-electron chi connectivity index (χ0n) is 33.8. The normalized spacial score (nSPS) is 24.8. The van der Waals surface area contributed by atoms with Gasteiger partial charge in [-0.3, -0.25) is 14.4 Å². The van der Waals surface area contributed by atoms with Crippen molar-refractivity contribution >= 4 is 29.8 Å². The average Bonchev–Trinajstić information content (AvgIpc) is 3.90. The van der Waals surface area contributed by atoms with Gasteiger partial charge in [0.25, 0.3) is 0 Å². The molecule has 59 heavy (non-hydrogen) atoms. The van der Waals surface area contributed by atoms with Gasteiger partial charge in [0.15, 0.2) is 0 Å². The molecule has 312 valence electrons. The van der Waals surface area contributed by atoms with Crippen LogP contribution in [0.15, 0.2) is 103 Å². The lowest BCUT2D eigenvalue weighted by Gasteiger charge is -2.31. The molecule has 2 amide bonds. The van der Waals surface area contributed by atoms with Crippen molar-refractivity contribution in [2.45, 2.75) is 114 Å². The number of nitrogens with one attached hydrogen (secondary N) is 2. The minimum Gasteiger partial charge on any atom is -0.460 e. The second-order valence-electron chi connectivity index (χ2n) is 16.7. The molecule has 3 aromatic rings. The zero-order chi connectivity index (χ0) is 41.6. The summed E-state index contributed by atoms with van der Waals surface area (Å²) in [6, 6.07) is 25.6. The van der Waals surface area contributed by atoms with Crippen molar-refractivity contribution < 1.29 is 48.0 Å². The summed E-state index contributed by atoms with van der Waals surface area (Å²) in [7, 11) is 0. The average molecular weight is 807 g/mol. The number of hydrogen-bond donors (Lipinski definition) is 3. The van der Waals surface area contributed by atoms with E-state index in [-0.39, 0.29) is 38.8 Å². The Labute approximate surface area is 345 Å². The lowest BCUT2D eigenvalue weighted by atomic mass is 9.89. The minimum atomic E-state index is -1.35. The Hall–Kier alpha value is -5.14. The highest BCUT2D eigenvalue weighted by molar-refractivity contribution is 5.94. The van der Waals surface area contributed by atoms with Crippen molar-refractivity contribution in [1.82, 2.24) is 10.6 Å². The van der Waals surface area contributed by atoms with Crippen molar-refractivity contribution in [3.05, 3.63) is 125 Å². The maximum absolute atomic E-state index is 13.8. The van der Waals surface area contributed by atoms with E-state index in [1.165, 1.54) is 0 Å². The topological polar surface area (TPSA) is 162 Å². The molecule has 0 radical (unpaired) electrons. The maximum Gasteiger partial charge on any atom is 0.338 e. The molecule has 2 heterocycles. The number of benzene rings is 3. The van der Waals surface area contributed by atoms with Crippen LogP contribution in [0.3, 0.4) is 0 Å². The van der Waals surface area contributed by atoms with Gasteiger partial charge in [-0.1, -0.05) is 84.9 Å². The van der Waals surface area contributed by atoms with Crippen LogP contribution in [0.5, 0.6) is 0 Å². The molecule has 0 bridgehead atoms. The van der Waals surface area contributed by atoms with E-state index in [1.807, 2.05) is 72.8 Å². The van der Waals surface area contributed by atoms with Gasteiger partial charge in [-0.2, -0.15) is 0 Å². The Kier molecular flexibility index (Phi) is 13.1. The molecule has 0 spiro atoms. The summed E-state index contributed by atoms with van der Waals surface area (Å²) in [5.41, 5.74) is 2.50. The predicted molar refractivity (Wildman–Crippen MR) is 219 cm³/mol. The van der Waals surface area contributed by atoms with Crippen LogP contribution in [0.2, 0.25) is 0 Å². The van der Waals surface area contributed by atoms with Crippen molar-refractivity contribution in [2.24, 2.45) is 5.92 Å².